The Hall–Kier alpha value is -1.85. The van der Waals surface area contributed by atoms with Crippen LogP contribution < -0.4 is 10.6 Å². The molecule has 0 saturated heterocycles. The molecule has 6 heteroatoms. The predicted octanol–water partition coefficient (Wildman–Crippen LogP) is 2.24. The van der Waals surface area contributed by atoms with Gasteiger partial charge < -0.3 is 15.6 Å². The lowest BCUT2D eigenvalue weighted by atomic mass is 10.1. The highest BCUT2D eigenvalue weighted by Crippen LogP contribution is 2.20. The maximum atomic E-state index is 4.48. The summed E-state index contributed by atoms with van der Waals surface area (Å²) >= 11 is 0. The molecule has 0 bridgehead atoms. The van der Waals surface area contributed by atoms with Crippen LogP contribution in [-0.4, -0.2) is 32.5 Å². The van der Waals surface area contributed by atoms with Crippen LogP contribution in [0.4, 0.5) is 11.8 Å². The summed E-state index contributed by atoms with van der Waals surface area (Å²) in [6.45, 7) is 9.29. The van der Waals surface area contributed by atoms with Gasteiger partial charge in [0.05, 0.1) is 6.33 Å². The lowest BCUT2D eigenvalue weighted by molar-refractivity contribution is 0.559. The first-order chi connectivity index (χ1) is 8.61. The molecule has 18 heavy (non-hydrogen) atoms. The van der Waals surface area contributed by atoms with Gasteiger partial charge in [0.15, 0.2) is 11.5 Å². The van der Waals surface area contributed by atoms with Crippen molar-refractivity contribution in [2.45, 2.75) is 33.7 Å². The minimum absolute atomic E-state index is 0.334. The van der Waals surface area contributed by atoms with Gasteiger partial charge >= 0.3 is 0 Å². The number of H-pyrrole nitrogens is 1. The summed E-state index contributed by atoms with van der Waals surface area (Å²) in [6, 6.07) is 0.334. The molecular weight excluding hydrogens is 228 g/mol. The van der Waals surface area contributed by atoms with Gasteiger partial charge in [0.1, 0.15) is 5.52 Å². The summed E-state index contributed by atoms with van der Waals surface area (Å²) in [6.07, 6.45) is 1.64. The molecule has 2 heterocycles. The molecule has 0 spiro atoms. The number of nitrogens with one attached hydrogen (secondary N) is 3. The zero-order valence-electron chi connectivity index (χ0n) is 11.3. The van der Waals surface area contributed by atoms with Crippen LogP contribution in [0.5, 0.6) is 0 Å². The predicted molar refractivity (Wildman–Crippen MR) is 73.8 cm³/mol. The number of aromatic nitrogens is 4. The second kappa shape index (κ2) is 5.20. The fourth-order valence-electron chi connectivity index (χ4n) is 1.56. The summed E-state index contributed by atoms with van der Waals surface area (Å²) in [7, 11) is 0. The third-order valence-electron chi connectivity index (χ3n) is 2.98. The van der Waals surface area contributed by atoms with E-state index in [9.17, 15) is 0 Å². The zero-order valence-corrected chi connectivity index (χ0v) is 11.3. The van der Waals surface area contributed by atoms with E-state index in [1.165, 1.54) is 0 Å². The van der Waals surface area contributed by atoms with Gasteiger partial charge in [-0.3, -0.25) is 0 Å². The van der Waals surface area contributed by atoms with E-state index in [2.05, 4.69) is 51.3 Å². The molecule has 0 radical (unpaired) electrons. The number of rotatable bonds is 5. The summed E-state index contributed by atoms with van der Waals surface area (Å²) in [5.41, 5.74) is 1.53. The summed E-state index contributed by atoms with van der Waals surface area (Å²) in [5, 5.41) is 6.52. The van der Waals surface area contributed by atoms with Gasteiger partial charge in [-0.25, -0.2) is 4.98 Å². The molecule has 1 unspecified atom stereocenters. The van der Waals surface area contributed by atoms with Crippen LogP contribution in [0.25, 0.3) is 11.2 Å². The first-order valence-corrected chi connectivity index (χ1v) is 6.33. The lowest BCUT2D eigenvalue weighted by Gasteiger charge is -2.18. The van der Waals surface area contributed by atoms with Crippen LogP contribution >= 0.6 is 0 Å². The van der Waals surface area contributed by atoms with Crippen LogP contribution in [-0.2, 0) is 0 Å². The zero-order chi connectivity index (χ0) is 13.1. The van der Waals surface area contributed by atoms with Crippen LogP contribution in [0.2, 0.25) is 0 Å². The van der Waals surface area contributed by atoms with Gasteiger partial charge in [0.2, 0.25) is 5.95 Å². The van der Waals surface area contributed by atoms with Crippen LogP contribution in [0, 0.1) is 5.92 Å². The molecule has 0 aromatic carbocycles. The van der Waals surface area contributed by atoms with Crippen molar-refractivity contribution in [1.29, 1.82) is 0 Å². The average Bonchev–Trinajstić information content (AvgIpc) is 2.77. The molecule has 2 aromatic heterocycles. The van der Waals surface area contributed by atoms with E-state index in [4.69, 9.17) is 0 Å². The van der Waals surface area contributed by atoms with Crippen LogP contribution in [0.15, 0.2) is 6.33 Å². The standard InChI is InChI=1S/C12H20N6/c1-5-13-12-17-10-9(14-6-15-10)11(18-12)16-8(4)7(2)3/h6-8H,5H2,1-4H3,(H3,13,14,15,16,17,18). The van der Waals surface area contributed by atoms with Crippen molar-refractivity contribution in [3.8, 4) is 0 Å². The van der Waals surface area contributed by atoms with Crippen molar-refractivity contribution in [3.05, 3.63) is 6.33 Å². The fraction of sp³-hybridized carbons (Fsp3) is 0.583. The van der Waals surface area contributed by atoms with Gasteiger partial charge in [-0.2, -0.15) is 9.97 Å². The topological polar surface area (TPSA) is 78.5 Å². The van der Waals surface area contributed by atoms with Crippen molar-refractivity contribution in [2.24, 2.45) is 5.92 Å². The van der Waals surface area contributed by atoms with Crippen LogP contribution in [0.1, 0.15) is 27.7 Å². The lowest BCUT2D eigenvalue weighted by Crippen LogP contribution is -2.22. The quantitative estimate of drug-likeness (QED) is 0.756. The molecule has 0 aliphatic rings. The molecule has 3 N–H and O–H groups in total. The third kappa shape index (κ3) is 2.52. The van der Waals surface area contributed by atoms with E-state index >= 15 is 0 Å². The normalized spacial score (nSPS) is 12.9. The van der Waals surface area contributed by atoms with Gasteiger partial charge in [-0.1, -0.05) is 13.8 Å². The van der Waals surface area contributed by atoms with Crippen molar-refractivity contribution in [1.82, 2.24) is 19.9 Å². The number of imidazole rings is 1. The third-order valence-corrected chi connectivity index (χ3v) is 2.98. The van der Waals surface area contributed by atoms with Gasteiger partial charge in [-0.05, 0) is 19.8 Å². The number of nitrogens with zero attached hydrogens (tertiary/aromatic N) is 3. The SMILES string of the molecule is CCNc1nc(NC(C)C(C)C)c2[nH]cnc2n1. The van der Waals surface area contributed by atoms with E-state index in [0.717, 1.165) is 17.9 Å². The summed E-state index contributed by atoms with van der Waals surface area (Å²) in [4.78, 5) is 16.1. The summed E-state index contributed by atoms with van der Waals surface area (Å²) < 4.78 is 0. The number of fused-ring (bicyclic) bond motifs is 1. The van der Waals surface area contributed by atoms with Crippen molar-refractivity contribution < 1.29 is 0 Å². The Balaban J connectivity index is 2.37. The first-order valence-electron chi connectivity index (χ1n) is 6.33. The Kier molecular flexibility index (Phi) is 3.64. The highest BCUT2D eigenvalue weighted by molar-refractivity contribution is 5.83. The van der Waals surface area contributed by atoms with Crippen molar-refractivity contribution in [2.75, 3.05) is 17.2 Å². The maximum Gasteiger partial charge on any atom is 0.226 e. The van der Waals surface area contributed by atoms with Gasteiger partial charge in [-0.15, -0.1) is 0 Å². The number of aromatic amines is 1. The number of anilines is 2. The summed E-state index contributed by atoms with van der Waals surface area (Å²) in [5.74, 6) is 1.94. The molecule has 0 fully saturated rings. The molecule has 6 nitrogen and oxygen atoms in total. The minimum Gasteiger partial charge on any atom is -0.365 e. The molecule has 0 aliphatic carbocycles. The Morgan fingerprint density at radius 3 is 2.72 bits per heavy atom. The first kappa shape index (κ1) is 12.6. The largest absolute Gasteiger partial charge is 0.365 e. The minimum atomic E-state index is 0.334. The molecule has 0 amide bonds. The fourth-order valence-corrected chi connectivity index (χ4v) is 1.56. The van der Waals surface area contributed by atoms with Crippen molar-refractivity contribution in [3.63, 3.8) is 0 Å². The average molecular weight is 248 g/mol. The maximum absolute atomic E-state index is 4.48. The molecule has 98 valence electrons. The second-order valence-electron chi connectivity index (χ2n) is 4.70. The highest BCUT2D eigenvalue weighted by atomic mass is 15.2. The van der Waals surface area contributed by atoms with Crippen molar-refractivity contribution >= 4 is 22.9 Å². The van der Waals surface area contributed by atoms with E-state index < -0.39 is 0 Å². The Bertz CT molecular complexity index is 518. The van der Waals surface area contributed by atoms with Gasteiger partial charge in [0.25, 0.3) is 0 Å². The second-order valence-corrected chi connectivity index (χ2v) is 4.70. The monoisotopic (exact) mass is 248 g/mol. The Labute approximate surface area is 107 Å². The Morgan fingerprint density at radius 1 is 1.28 bits per heavy atom. The number of hydrogen-bond acceptors (Lipinski definition) is 5. The molecule has 0 saturated carbocycles. The molecule has 2 aromatic rings. The highest BCUT2D eigenvalue weighted by Gasteiger charge is 2.13. The molecular formula is C12H20N6. The molecule has 0 aliphatic heterocycles. The van der Waals surface area contributed by atoms with Crippen LogP contribution in [0.3, 0.4) is 0 Å². The van der Waals surface area contributed by atoms with E-state index in [1.54, 1.807) is 6.33 Å². The van der Waals surface area contributed by atoms with E-state index in [1.807, 2.05) is 6.92 Å². The van der Waals surface area contributed by atoms with E-state index in [-0.39, 0.29) is 0 Å². The number of hydrogen-bond donors (Lipinski definition) is 3. The molecule has 2 rings (SSSR count). The Morgan fingerprint density at radius 2 is 2.06 bits per heavy atom. The molecule has 1 atom stereocenters. The smallest absolute Gasteiger partial charge is 0.226 e. The van der Waals surface area contributed by atoms with Gasteiger partial charge in [0, 0.05) is 12.6 Å². The van der Waals surface area contributed by atoms with E-state index in [0.29, 0.717) is 23.6 Å².